The fourth-order valence-corrected chi connectivity index (χ4v) is 2.81. The zero-order valence-corrected chi connectivity index (χ0v) is 12.3. The van der Waals surface area contributed by atoms with Crippen LogP contribution in [0.5, 0.6) is 0 Å². The van der Waals surface area contributed by atoms with Crippen molar-refractivity contribution in [2.45, 2.75) is 36.2 Å². The van der Waals surface area contributed by atoms with Gasteiger partial charge in [-0.1, -0.05) is 43.8 Å². The molecule has 0 aliphatic heterocycles. The minimum Gasteiger partial charge on any atom is -0.310 e. The van der Waals surface area contributed by atoms with E-state index in [0.29, 0.717) is 6.04 Å². The maximum atomic E-state index is 4.33. The van der Waals surface area contributed by atoms with Crippen LogP contribution in [0.1, 0.15) is 31.9 Å². The van der Waals surface area contributed by atoms with Gasteiger partial charge in [-0.15, -0.1) is 0 Å². The minimum absolute atomic E-state index is 0.457. The zero-order valence-electron chi connectivity index (χ0n) is 11.5. The first-order chi connectivity index (χ1) is 9.33. The van der Waals surface area contributed by atoms with E-state index in [1.165, 1.54) is 10.5 Å². The predicted octanol–water partition coefficient (Wildman–Crippen LogP) is 4.29. The molecule has 2 rings (SSSR count). The second-order valence-corrected chi connectivity index (χ2v) is 5.45. The highest BCUT2D eigenvalue weighted by molar-refractivity contribution is 7.99. The molecule has 2 nitrogen and oxygen atoms in total. The van der Waals surface area contributed by atoms with Gasteiger partial charge in [0, 0.05) is 17.1 Å². The molecule has 0 fully saturated rings. The quantitative estimate of drug-likeness (QED) is 0.849. The molecular weight excluding hydrogens is 252 g/mol. The lowest BCUT2D eigenvalue weighted by atomic mass is 10.1. The van der Waals surface area contributed by atoms with Crippen LogP contribution in [0.15, 0.2) is 58.6 Å². The molecule has 1 heterocycles. The van der Waals surface area contributed by atoms with E-state index in [9.17, 15) is 0 Å². The van der Waals surface area contributed by atoms with Gasteiger partial charge in [-0.2, -0.15) is 0 Å². The molecule has 0 saturated carbocycles. The van der Waals surface area contributed by atoms with Gasteiger partial charge in [0.15, 0.2) is 0 Å². The average molecular weight is 272 g/mol. The molecule has 1 aromatic carbocycles. The van der Waals surface area contributed by atoms with Crippen LogP contribution < -0.4 is 5.32 Å². The van der Waals surface area contributed by atoms with Gasteiger partial charge in [0.25, 0.3) is 0 Å². The number of hydrogen-bond acceptors (Lipinski definition) is 3. The van der Waals surface area contributed by atoms with Crippen molar-refractivity contribution in [3.05, 3.63) is 54.2 Å². The number of hydrogen-bond donors (Lipinski definition) is 1. The molecule has 0 amide bonds. The molecule has 0 aliphatic rings. The maximum Gasteiger partial charge on any atom is 0.101 e. The van der Waals surface area contributed by atoms with Crippen molar-refractivity contribution in [3.63, 3.8) is 0 Å². The van der Waals surface area contributed by atoms with E-state index in [1.54, 1.807) is 11.8 Å². The van der Waals surface area contributed by atoms with Crippen molar-refractivity contribution in [1.29, 1.82) is 0 Å². The Bertz CT molecular complexity index is 482. The van der Waals surface area contributed by atoms with Gasteiger partial charge < -0.3 is 5.32 Å². The summed E-state index contributed by atoms with van der Waals surface area (Å²) in [5.74, 6) is 0. The summed E-state index contributed by atoms with van der Waals surface area (Å²) in [4.78, 5) is 5.56. The Labute approximate surface area is 119 Å². The van der Waals surface area contributed by atoms with Crippen LogP contribution in [-0.4, -0.2) is 11.5 Å². The first kappa shape index (κ1) is 14.1. The van der Waals surface area contributed by atoms with E-state index in [0.717, 1.165) is 18.0 Å². The van der Waals surface area contributed by atoms with Gasteiger partial charge in [0.05, 0.1) is 0 Å². The Morgan fingerprint density at radius 1 is 1.11 bits per heavy atom. The summed E-state index contributed by atoms with van der Waals surface area (Å²) in [5.41, 5.74) is 1.36. The van der Waals surface area contributed by atoms with E-state index in [-0.39, 0.29) is 0 Å². The number of benzene rings is 1. The molecule has 1 atom stereocenters. The molecule has 0 saturated heterocycles. The molecule has 0 bridgehead atoms. The van der Waals surface area contributed by atoms with Crippen molar-refractivity contribution in [2.75, 3.05) is 6.54 Å². The third-order valence-corrected chi connectivity index (χ3v) is 3.96. The van der Waals surface area contributed by atoms with Crippen LogP contribution in [-0.2, 0) is 0 Å². The molecular formula is C16H20N2S. The standard InChI is InChI=1S/C16H20N2S/c1-3-15(17-4-2)13-8-10-14(11-9-13)19-16-7-5-6-12-18-16/h5-12,15,17H,3-4H2,1-2H3. The van der Waals surface area contributed by atoms with Gasteiger partial charge in [-0.05, 0) is 42.8 Å². The molecule has 1 unspecified atom stereocenters. The van der Waals surface area contributed by atoms with Crippen molar-refractivity contribution in [3.8, 4) is 0 Å². The Balaban J connectivity index is 2.06. The fourth-order valence-electron chi connectivity index (χ4n) is 2.04. The Morgan fingerprint density at radius 2 is 1.89 bits per heavy atom. The number of aromatic nitrogens is 1. The van der Waals surface area contributed by atoms with Gasteiger partial charge in [-0.25, -0.2) is 4.98 Å². The third-order valence-electron chi connectivity index (χ3n) is 3.00. The van der Waals surface area contributed by atoms with Crippen molar-refractivity contribution >= 4 is 11.8 Å². The Morgan fingerprint density at radius 3 is 2.47 bits per heavy atom. The molecule has 0 spiro atoms. The lowest BCUT2D eigenvalue weighted by Crippen LogP contribution is -2.19. The van der Waals surface area contributed by atoms with E-state index in [4.69, 9.17) is 0 Å². The zero-order chi connectivity index (χ0) is 13.5. The summed E-state index contributed by atoms with van der Waals surface area (Å²) < 4.78 is 0. The molecule has 0 aliphatic carbocycles. The second kappa shape index (κ2) is 7.31. The molecule has 100 valence electrons. The molecule has 1 aromatic heterocycles. The predicted molar refractivity (Wildman–Crippen MR) is 81.5 cm³/mol. The highest BCUT2D eigenvalue weighted by atomic mass is 32.2. The molecule has 3 heteroatoms. The van der Waals surface area contributed by atoms with Crippen molar-refractivity contribution in [2.24, 2.45) is 0 Å². The maximum absolute atomic E-state index is 4.33. The first-order valence-electron chi connectivity index (χ1n) is 6.75. The van der Waals surface area contributed by atoms with E-state index in [1.807, 2.05) is 24.4 Å². The van der Waals surface area contributed by atoms with Gasteiger partial charge >= 0.3 is 0 Å². The monoisotopic (exact) mass is 272 g/mol. The van der Waals surface area contributed by atoms with Crippen molar-refractivity contribution in [1.82, 2.24) is 10.3 Å². The van der Waals surface area contributed by atoms with Crippen LogP contribution in [0.3, 0.4) is 0 Å². The summed E-state index contributed by atoms with van der Waals surface area (Å²) in [6.07, 6.45) is 2.94. The topological polar surface area (TPSA) is 24.9 Å². The SMILES string of the molecule is CCNC(CC)c1ccc(Sc2ccccn2)cc1. The van der Waals surface area contributed by atoms with E-state index >= 15 is 0 Å². The summed E-state index contributed by atoms with van der Waals surface area (Å²) in [6.45, 7) is 5.36. The smallest absolute Gasteiger partial charge is 0.101 e. The summed E-state index contributed by atoms with van der Waals surface area (Å²) in [5, 5.41) is 4.53. The molecule has 19 heavy (non-hydrogen) atoms. The Kier molecular flexibility index (Phi) is 5.43. The number of pyridine rings is 1. The highest BCUT2D eigenvalue weighted by Crippen LogP contribution is 2.27. The summed E-state index contributed by atoms with van der Waals surface area (Å²) >= 11 is 1.70. The van der Waals surface area contributed by atoms with Crippen molar-refractivity contribution < 1.29 is 0 Å². The summed E-state index contributed by atoms with van der Waals surface area (Å²) in [7, 11) is 0. The van der Waals surface area contributed by atoms with Crippen LogP contribution >= 0.6 is 11.8 Å². The van der Waals surface area contributed by atoms with Crippen LogP contribution in [0.4, 0.5) is 0 Å². The van der Waals surface area contributed by atoms with Gasteiger partial charge in [0.2, 0.25) is 0 Å². The van der Waals surface area contributed by atoms with E-state index < -0.39 is 0 Å². The minimum atomic E-state index is 0.457. The number of nitrogens with zero attached hydrogens (tertiary/aromatic N) is 1. The Hall–Kier alpha value is -1.32. The molecule has 1 N–H and O–H groups in total. The molecule has 0 radical (unpaired) electrons. The normalized spacial score (nSPS) is 12.3. The highest BCUT2D eigenvalue weighted by Gasteiger charge is 2.07. The lowest BCUT2D eigenvalue weighted by molar-refractivity contribution is 0.537. The average Bonchev–Trinajstić information content (AvgIpc) is 2.47. The first-order valence-corrected chi connectivity index (χ1v) is 7.57. The fraction of sp³-hybridized carbons (Fsp3) is 0.312. The van der Waals surface area contributed by atoms with Crippen LogP contribution in [0.25, 0.3) is 0 Å². The summed E-state index contributed by atoms with van der Waals surface area (Å²) in [6, 6.07) is 15.2. The van der Waals surface area contributed by atoms with Gasteiger partial charge in [-0.3, -0.25) is 0 Å². The van der Waals surface area contributed by atoms with E-state index in [2.05, 4.69) is 48.4 Å². The lowest BCUT2D eigenvalue weighted by Gasteiger charge is -2.16. The second-order valence-electron chi connectivity index (χ2n) is 4.36. The number of nitrogens with one attached hydrogen (secondary N) is 1. The van der Waals surface area contributed by atoms with Gasteiger partial charge in [0.1, 0.15) is 5.03 Å². The third kappa shape index (κ3) is 4.08. The largest absolute Gasteiger partial charge is 0.310 e. The molecule has 2 aromatic rings. The van der Waals surface area contributed by atoms with Crippen LogP contribution in [0, 0.1) is 0 Å². The van der Waals surface area contributed by atoms with Crippen LogP contribution in [0.2, 0.25) is 0 Å². The number of rotatable bonds is 6.